The topological polar surface area (TPSA) is 87.1 Å². The van der Waals surface area contributed by atoms with Crippen molar-refractivity contribution in [3.63, 3.8) is 0 Å². The monoisotopic (exact) mass is 234 g/mol. The van der Waals surface area contributed by atoms with Gasteiger partial charge < -0.3 is 15.0 Å². The van der Waals surface area contributed by atoms with Gasteiger partial charge in [0.25, 0.3) is 5.89 Å². The molecule has 0 aliphatic rings. The van der Waals surface area contributed by atoms with E-state index < -0.39 is 0 Å². The van der Waals surface area contributed by atoms with E-state index in [1.807, 2.05) is 6.92 Å². The lowest BCUT2D eigenvalue weighted by Gasteiger charge is -1.96. The first-order chi connectivity index (χ1) is 8.29. The summed E-state index contributed by atoms with van der Waals surface area (Å²) < 4.78 is 10.4. The lowest BCUT2D eigenvalue weighted by Crippen LogP contribution is -1.95. The summed E-state index contributed by atoms with van der Waals surface area (Å²) in [6, 6.07) is 1.73. The van der Waals surface area contributed by atoms with Gasteiger partial charge in [0, 0.05) is 19.0 Å². The van der Waals surface area contributed by atoms with Crippen molar-refractivity contribution in [2.45, 2.75) is 20.0 Å². The van der Waals surface area contributed by atoms with Crippen LogP contribution in [0.3, 0.4) is 0 Å². The first kappa shape index (κ1) is 11.5. The van der Waals surface area contributed by atoms with Gasteiger partial charge in [-0.15, -0.1) is 0 Å². The normalized spacial score (nSPS) is 10.6. The van der Waals surface area contributed by atoms with E-state index in [0.29, 0.717) is 36.2 Å². The number of pyridine rings is 1. The van der Waals surface area contributed by atoms with E-state index in [2.05, 4.69) is 15.1 Å². The van der Waals surface area contributed by atoms with Crippen LogP contribution in [0.15, 0.2) is 23.0 Å². The second-order valence-corrected chi connectivity index (χ2v) is 3.58. The third-order valence-corrected chi connectivity index (χ3v) is 2.05. The summed E-state index contributed by atoms with van der Waals surface area (Å²) in [5.41, 5.74) is 6.89. The smallest absolute Gasteiger partial charge is 0.259 e. The van der Waals surface area contributed by atoms with Crippen LogP contribution in [0.1, 0.15) is 19.2 Å². The highest BCUT2D eigenvalue weighted by Crippen LogP contribution is 2.18. The minimum absolute atomic E-state index is 0.354. The first-order valence-electron chi connectivity index (χ1n) is 5.41. The Morgan fingerprint density at radius 1 is 1.41 bits per heavy atom. The maximum atomic E-state index is 5.62. The van der Waals surface area contributed by atoms with Gasteiger partial charge in [-0.25, -0.2) is 0 Å². The summed E-state index contributed by atoms with van der Waals surface area (Å²) in [5, 5.41) is 3.81. The number of hydrogen-bond donors (Lipinski definition) is 1. The Hall–Kier alpha value is -1.95. The van der Waals surface area contributed by atoms with Crippen LogP contribution in [-0.2, 0) is 11.3 Å². The van der Waals surface area contributed by atoms with Crippen molar-refractivity contribution in [1.82, 2.24) is 15.1 Å². The van der Waals surface area contributed by atoms with Crippen molar-refractivity contribution in [3.8, 4) is 11.5 Å². The molecule has 6 heteroatoms. The summed E-state index contributed by atoms with van der Waals surface area (Å²) in [6.45, 7) is 3.08. The van der Waals surface area contributed by atoms with Crippen molar-refractivity contribution >= 4 is 5.69 Å². The Labute approximate surface area is 98.8 Å². The maximum Gasteiger partial charge on any atom is 0.259 e. The molecule has 2 aromatic rings. The van der Waals surface area contributed by atoms with E-state index >= 15 is 0 Å². The number of nitrogen functional groups attached to an aromatic ring is 1. The van der Waals surface area contributed by atoms with Gasteiger partial charge in [0.05, 0.1) is 11.3 Å². The molecular weight excluding hydrogens is 220 g/mol. The molecule has 0 aromatic carbocycles. The van der Waals surface area contributed by atoms with E-state index in [1.54, 1.807) is 18.5 Å². The molecule has 0 amide bonds. The third-order valence-electron chi connectivity index (χ3n) is 2.05. The van der Waals surface area contributed by atoms with Gasteiger partial charge in [-0.3, -0.25) is 4.98 Å². The van der Waals surface area contributed by atoms with Gasteiger partial charge in [-0.2, -0.15) is 4.98 Å². The highest BCUT2D eigenvalue weighted by Gasteiger charge is 2.09. The Bertz CT molecular complexity index is 484. The summed E-state index contributed by atoms with van der Waals surface area (Å²) in [5.74, 6) is 0.927. The van der Waals surface area contributed by atoms with Crippen LogP contribution < -0.4 is 5.73 Å². The molecule has 0 bridgehead atoms. The van der Waals surface area contributed by atoms with Crippen LogP contribution in [0.5, 0.6) is 0 Å². The molecule has 0 aliphatic heterocycles. The molecule has 0 saturated carbocycles. The minimum Gasteiger partial charge on any atom is -0.397 e. The fourth-order valence-electron chi connectivity index (χ4n) is 1.31. The zero-order valence-corrected chi connectivity index (χ0v) is 9.59. The molecule has 0 spiro atoms. The molecular formula is C11H14N4O2. The van der Waals surface area contributed by atoms with Crippen molar-refractivity contribution in [2.75, 3.05) is 12.3 Å². The third kappa shape index (κ3) is 3.01. The van der Waals surface area contributed by atoms with Gasteiger partial charge in [-0.1, -0.05) is 12.1 Å². The number of nitrogens with two attached hydrogens (primary N) is 1. The fourth-order valence-corrected chi connectivity index (χ4v) is 1.31. The molecule has 90 valence electrons. The van der Waals surface area contributed by atoms with Crippen molar-refractivity contribution < 1.29 is 9.26 Å². The molecule has 0 saturated heterocycles. The van der Waals surface area contributed by atoms with Crippen LogP contribution in [0, 0.1) is 0 Å². The molecule has 17 heavy (non-hydrogen) atoms. The number of ether oxygens (including phenoxy) is 1. The van der Waals surface area contributed by atoms with Crippen LogP contribution in [0.4, 0.5) is 5.69 Å². The average Bonchev–Trinajstić information content (AvgIpc) is 2.78. The van der Waals surface area contributed by atoms with Gasteiger partial charge in [0.15, 0.2) is 5.82 Å². The predicted molar refractivity (Wildman–Crippen MR) is 61.9 cm³/mol. The van der Waals surface area contributed by atoms with E-state index in [0.717, 1.165) is 6.42 Å². The molecule has 0 fully saturated rings. The number of nitrogens with zero attached hydrogens (tertiary/aromatic N) is 3. The molecule has 0 radical (unpaired) electrons. The predicted octanol–water partition coefficient (Wildman–Crippen LogP) is 1.64. The quantitative estimate of drug-likeness (QED) is 0.791. The highest BCUT2D eigenvalue weighted by molar-refractivity contribution is 5.57. The van der Waals surface area contributed by atoms with Crippen molar-refractivity contribution in [2.24, 2.45) is 0 Å². The molecule has 2 aromatic heterocycles. The van der Waals surface area contributed by atoms with Crippen LogP contribution in [0.2, 0.25) is 0 Å². The Kier molecular flexibility index (Phi) is 3.66. The SMILES string of the molecule is CCCOCc1noc(-c2cncc(N)c2)n1. The minimum atomic E-state index is 0.354. The van der Waals surface area contributed by atoms with E-state index in [1.165, 1.54) is 0 Å². The van der Waals surface area contributed by atoms with E-state index in [9.17, 15) is 0 Å². The van der Waals surface area contributed by atoms with Crippen LogP contribution >= 0.6 is 0 Å². The second-order valence-electron chi connectivity index (χ2n) is 3.58. The fraction of sp³-hybridized carbons (Fsp3) is 0.364. The van der Waals surface area contributed by atoms with Gasteiger partial charge >= 0.3 is 0 Å². The van der Waals surface area contributed by atoms with Gasteiger partial charge in [0.2, 0.25) is 0 Å². The maximum absolute atomic E-state index is 5.62. The number of rotatable bonds is 5. The Morgan fingerprint density at radius 2 is 2.29 bits per heavy atom. The highest BCUT2D eigenvalue weighted by atomic mass is 16.5. The number of anilines is 1. The summed E-state index contributed by atoms with van der Waals surface area (Å²) >= 11 is 0. The molecule has 6 nitrogen and oxygen atoms in total. The number of aromatic nitrogens is 3. The van der Waals surface area contributed by atoms with Crippen molar-refractivity contribution in [1.29, 1.82) is 0 Å². The summed E-state index contributed by atoms with van der Waals surface area (Å²) in [6.07, 6.45) is 4.15. The van der Waals surface area contributed by atoms with E-state index in [-0.39, 0.29) is 0 Å². The van der Waals surface area contributed by atoms with Crippen molar-refractivity contribution in [3.05, 3.63) is 24.3 Å². The second kappa shape index (κ2) is 5.40. The van der Waals surface area contributed by atoms with Gasteiger partial charge in [-0.05, 0) is 12.5 Å². The molecule has 2 rings (SSSR count). The lowest BCUT2D eigenvalue weighted by atomic mass is 10.2. The number of hydrogen-bond acceptors (Lipinski definition) is 6. The van der Waals surface area contributed by atoms with Gasteiger partial charge in [0.1, 0.15) is 6.61 Å². The standard InChI is InChI=1S/C11H14N4O2/c1-2-3-16-7-10-14-11(17-15-10)8-4-9(12)6-13-5-8/h4-6H,2-3,7,12H2,1H3. The zero-order valence-electron chi connectivity index (χ0n) is 9.59. The lowest BCUT2D eigenvalue weighted by molar-refractivity contribution is 0.114. The van der Waals surface area contributed by atoms with E-state index in [4.69, 9.17) is 15.0 Å². The van der Waals surface area contributed by atoms with Crippen LogP contribution in [0.25, 0.3) is 11.5 Å². The summed E-state index contributed by atoms with van der Waals surface area (Å²) in [7, 11) is 0. The molecule has 2 heterocycles. The largest absolute Gasteiger partial charge is 0.397 e. The Balaban J connectivity index is 2.07. The molecule has 0 atom stereocenters. The average molecular weight is 234 g/mol. The molecule has 0 unspecified atom stereocenters. The summed E-state index contributed by atoms with van der Waals surface area (Å²) in [4.78, 5) is 8.16. The Morgan fingerprint density at radius 3 is 3.06 bits per heavy atom. The van der Waals surface area contributed by atoms with Crippen LogP contribution in [-0.4, -0.2) is 21.7 Å². The zero-order chi connectivity index (χ0) is 12.1. The molecule has 0 aliphatic carbocycles. The molecule has 2 N–H and O–H groups in total. The first-order valence-corrected chi connectivity index (χ1v) is 5.41.